The van der Waals surface area contributed by atoms with Gasteiger partial charge in [-0.15, -0.1) is 12.4 Å². The number of aromatic nitrogens is 2. The van der Waals surface area contributed by atoms with E-state index >= 15 is 0 Å². The minimum Gasteiger partial charge on any atom is -0.348 e. The molecule has 3 N–H and O–H groups in total. The van der Waals surface area contributed by atoms with Gasteiger partial charge in [-0.1, -0.05) is 13.8 Å². The van der Waals surface area contributed by atoms with Gasteiger partial charge >= 0.3 is 0 Å². The number of carbonyl (C=O) groups is 1. The van der Waals surface area contributed by atoms with Gasteiger partial charge in [0.15, 0.2) is 0 Å². The van der Waals surface area contributed by atoms with Crippen LogP contribution in [0.1, 0.15) is 32.4 Å². The van der Waals surface area contributed by atoms with Gasteiger partial charge in [0.1, 0.15) is 0 Å². The summed E-state index contributed by atoms with van der Waals surface area (Å²) in [4.78, 5) is 11.7. The first-order valence-electron chi connectivity index (χ1n) is 5.46. The van der Waals surface area contributed by atoms with Crippen molar-refractivity contribution < 1.29 is 4.79 Å². The van der Waals surface area contributed by atoms with Gasteiger partial charge in [-0.25, -0.2) is 0 Å². The van der Waals surface area contributed by atoms with Crippen LogP contribution in [0.15, 0.2) is 12.4 Å². The zero-order valence-corrected chi connectivity index (χ0v) is 11.5. The molecule has 0 aliphatic heterocycles. The number of nitrogens with zero attached hydrogens (tertiary/aromatic N) is 2. The third-order valence-corrected chi connectivity index (χ3v) is 2.60. The molecule has 2 atom stereocenters. The number of halogens is 1. The van der Waals surface area contributed by atoms with Gasteiger partial charge in [-0.3, -0.25) is 9.48 Å². The fourth-order valence-electron chi connectivity index (χ4n) is 1.36. The molecule has 0 fully saturated rings. The molecule has 98 valence electrons. The topological polar surface area (TPSA) is 72.9 Å². The first kappa shape index (κ1) is 15.9. The van der Waals surface area contributed by atoms with Gasteiger partial charge in [0.05, 0.1) is 18.3 Å². The Morgan fingerprint density at radius 3 is 2.47 bits per heavy atom. The van der Waals surface area contributed by atoms with Gasteiger partial charge in [0.25, 0.3) is 0 Å². The van der Waals surface area contributed by atoms with Crippen LogP contribution in [0.5, 0.6) is 0 Å². The van der Waals surface area contributed by atoms with Crippen LogP contribution in [0.25, 0.3) is 0 Å². The molecule has 0 saturated carbocycles. The molecule has 17 heavy (non-hydrogen) atoms. The number of aryl methyl sites for hydroxylation is 1. The fourth-order valence-corrected chi connectivity index (χ4v) is 1.36. The van der Waals surface area contributed by atoms with E-state index in [0.717, 1.165) is 5.56 Å². The van der Waals surface area contributed by atoms with E-state index in [9.17, 15) is 4.79 Å². The molecule has 0 saturated heterocycles. The lowest BCUT2D eigenvalue weighted by Crippen LogP contribution is -2.44. The highest BCUT2D eigenvalue weighted by Gasteiger charge is 2.19. The molecule has 1 aromatic heterocycles. The standard InChI is InChI=1S/C11H20N4O.ClH/c1-7(2)10(12)11(16)14-8(3)9-5-13-15(4)6-9;/h5-8,10H,12H2,1-4H3,(H,14,16);1H/t8?,10-;/m0./s1. The number of carbonyl (C=O) groups excluding carboxylic acids is 1. The number of nitrogens with two attached hydrogens (primary N) is 1. The molecule has 0 aliphatic rings. The zero-order chi connectivity index (χ0) is 12.3. The molecule has 0 spiro atoms. The van der Waals surface area contributed by atoms with E-state index in [4.69, 9.17) is 5.73 Å². The Balaban J connectivity index is 0.00000256. The molecule has 0 bridgehead atoms. The van der Waals surface area contributed by atoms with Gasteiger partial charge in [0.2, 0.25) is 5.91 Å². The van der Waals surface area contributed by atoms with E-state index in [0.29, 0.717) is 0 Å². The molecule has 0 radical (unpaired) electrons. The second-order valence-electron chi connectivity index (χ2n) is 4.45. The monoisotopic (exact) mass is 260 g/mol. The van der Waals surface area contributed by atoms with Crippen LogP contribution in [0.2, 0.25) is 0 Å². The highest BCUT2D eigenvalue weighted by atomic mass is 35.5. The van der Waals surface area contributed by atoms with Crippen molar-refractivity contribution in [3.8, 4) is 0 Å². The maximum absolute atomic E-state index is 11.7. The molecule has 1 unspecified atom stereocenters. The molecule has 1 rings (SSSR count). The summed E-state index contributed by atoms with van der Waals surface area (Å²) < 4.78 is 1.71. The molecule has 1 heterocycles. The number of hydrogen-bond acceptors (Lipinski definition) is 3. The predicted molar refractivity (Wildman–Crippen MR) is 69.8 cm³/mol. The summed E-state index contributed by atoms with van der Waals surface area (Å²) in [5, 5.41) is 6.93. The van der Waals surface area contributed by atoms with Gasteiger partial charge in [-0.05, 0) is 12.8 Å². The number of rotatable bonds is 4. The Bertz CT molecular complexity index is 364. The lowest BCUT2D eigenvalue weighted by Gasteiger charge is -2.18. The maximum atomic E-state index is 11.7. The summed E-state index contributed by atoms with van der Waals surface area (Å²) in [6, 6.07) is -0.523. The van der Waals surface area contributed by atoms with Crippen LogP contribution >= 0.6 is 12.4 Å². The SMILES string of the molecule is CC(NC(=O)[C@@H](N)C(C)C)c1cnn(C)c1.Cl. The van der Waals surface area contributed by atoms with Crippen molar-refractivity contribution in [2.45, 2.75) is 32.9 Å². The van der Waals surface area contributed by atoms with E-state index in [1.54, 1.807) is 10.9 Å². The first-order chi connectivity index (χ1) is 7.41. The van der Waals surface area contributed by atoms with Crippen molar-refractivity contribution in [3.05, 3.63) is 18.0 Å². The molecule has 1 aromatic rings. The Kier molecular flexibility index (Phi) is 6.20. The van der Waals surface area contributed by atoms with Crippen LogP contribution in [-0.4, -0.2) is 21.7 Å². The third kappa shape index (κ3) is 4.36. The minimum absolute atomic E-state index is 0. The smallest absolute Gasteiger partial charge is 0.237 e. The second-order valence-corrected chi connectivity index (χ2v) is 4.45. The Labute approximate surface area is 108 Å². The van der Waals surface area contributed by atoms with E-state index in [1.807, 2.05) is 34.0 Å². The van der Waals surface area contributed by atoms with E-state index in [2.05, 4.69) is 10.4 Å². The van der Waals surface area contributed by atoms with Crippen LogP contribution in [0.3, 0.4) is 0 Å². The van der Waals surface area contributed by atoms with Crippen molar-refractivity contribution in [2.75, 3.05) is 0 Å². The molecule has 6 heteroatoms. The molecule has 0 aliphatic carbocycles. The molecule has 5 nitrogen and oxygen atoms in total. The van der Waals surface area contributed by atoms with Crippen LogP contribution in [0.4, 0.5) is 0 Å². The van der Waals surface area contributed by atoms with Crippen molar-refractivity contribution in [2.24, 2.45) is 18.7 Å². The number of amides is 1. The normalized spacial score (nSPS) is 14.0. The Morgan fingerprint density at radius 2 is 2.06 bits per heavy atom. The van der Waals surface area contributed by atoms with Crippen LogP contribution < -0.4 is 11.1 Å². The molecule has 1 amide bonds. The van der Waals surface area contributed by atoms with Crippen LogP contribution in [-0.2, 0) is 11.8 Å². The zero-order valence-electron chi connectivity index (χ0n) is 10.7. The average molecular weight is 261 g/mol. The predicted octanol–water partition coefficient (Wildman–Crippen LogP) is 1.00. The van der Waals surface area contributed by atoms with E-state index < -0.39 is 6.04 Å². The summed E-state index contributed by atoms with van der Waals surface area (Å²) in [5.74, 6) is 0.0208. The largest absolute Gasteiger partial charge is 0.348 e. The van der Waals surface area contributed by atoms with Gasteiger partial charge < -0.3 is 11.1 Å². The van der Waals surface area contributed by atoms with Gasteiger partial charge in [0, 0.05) is 18.8 Å². The minimum atomic E-state index is -0.459. The van der Waals surface area contributed by atoms with Gasteiger partial charge in [-0.2, -0.15) is 5.10 Å². The summed E-state index contributed by atoms with van der Waals surface area (Å²) in [5.41, 5.74) is 6.74. The Hall–Kier alpha value is -1.07. The molecular formula is C11H21ClN4O. The number of hydrogen-bond donors (Lipinski definition) is 2. The second kappa shape index (κ2) is 6.61. The third-order valence-electron chi connectivity index (χ3n) is 2.60. The quantitative estimate of drug-likeness (QED) is 0.848. The van der Waals surface area contributed by atoms with Crippen molar-refractivity contribution in [3.63, 3.8) is 0 Å². The summed E-state index contributed by atoms with van der Waals surface area (Å²) in [7, 11) is 1.85. The van der Waals surface area contributed by atoms with Crippen molar-refractivity contribution in [1.82, 2.24) is 15.1 Å². The van der Waals surface area contributed by atoms with Crippen molar-refractivity contribution >= 4 is 18.3 Å². The summed E-state index contributed by atoms with van der Waals surface area (Å²) >= 11 is 0. The number of nitrogens with one attached hydrogen (secondary N) is 1. The van der Waals surface area contributed by atoms with Crippen LogP contribution in [0, 0.1) is 5.92 Å². The summed E-state index contributed by atoms with van der Waals surface area (Å²) in [6.45, 7) is 5.78. The molecule has 0 aromatic carbocycles. The first-order valence-corrected chi connectivity index (χ1v) is 5.46. The van der Waals surface area contributed by atoms with E-state index in [1.165, 1.54) is 0 Å². The fraction of sp³-hybridized carbons (Fsp3) is 0.636. The van der Waals surface area contributed by atoms with E-state index in [-0.39, 0.29) is 30.3 Å². The average Bonchev–Trinajstić information content (AvgIpc) is 2.63. The molecular weight excluding hydrogens is 240 g/mol. The Morgan fingerprint density at radius 1 is 1.47 bits per heavy atom. The highest BCUT2D eigenvalue weighted by Crippen LogP contribution is 2.11. The lowest BCUT2D eigenvalue weighted by molar-refractivity contribution is -0.123. The highest BCUT2D eigenvalue weighted by molar-refractivity contribution is 5.85. The summed E-state index contributed by atoms with van der Waals surface area (Å²) in [6.07, 6.45) is 3.62. The maximum Gasteiger partial charge on any atom is 0.237 e. The van der Waals surface area contributed by atoms with Crippen molar-refractivity contribution in [1.29, 1.82) is 0 Å². The lowest BCUT2D eigenvalue weighted by atomic mass is 10.0.